The van der Waals surface area contributed by atoms with Gasteiger partial charge in [-0.15, -0.1) is 0 Å². The molecule has 1 fully saturated rings. The summed E-state index contributed by atoms with van der Waals surface area (Å²) < 4.78 is 2.17. The van der Waals surface area contributed by atoms with Crippen LogP contribution in [0.3, 0.4) is 0 Å². The molecule has 0 radical (unpaired) electrons. The van der Waals surface area contributed by atoms with Crippen LogP contribution < -0.4 is 5.32 Å². The van der Waals surface area contributed by atoms with Gasteiger partial charge in [0.25, 0.3) is 0 Å². The zero-order chi connectivity index (χ0) is 16.8. The number of nitrogens with zero attached hydrogens (tertiary/aromatic N) is 2. The van der Waals surface area contributed by atoms with E-state index in [9.17, 15) is 4.79 Å². The highest BCUT2D eigenvalue weighted by atomic mass is 16.1. The van der Waals surface area contributed by atoms with Crippen molar-refractivity contribution >= 4 is 5.91 Å². The van der Waals surface area contributed by atoms with E-state index in [0.717, 1.165) is 19.5 Å². The summed E-state index contributed by atoms with van der Waals surface area (Å²) in [5.74, 6) is 0.136. The first-order chi connectivity index (χ1) is 11.7. The number of likely N-dealkylation sites (tertiary alicyclic amines) is 1. The first-order valence-electron chi connectivity index (χ1n) is 8.90. The number of rotatable bonds is 7. The predicted molar refractivity (Wildman–Crippen MR) is 96.7 cm³/mol. The molecule has 4 heteroatoms. The monoisotopic (exact) mass is 325 g/mol. The Hall–Kier alpha value is -2.07. The summed E-state index contributed by atoms with van der Waals surface area (Å²) in [6, 6.07) is 14.7. The third-order valence-electron chi connectivity index (χ3n) is 4.88. The highest BCUT2D eigenvalue weighted by Gasteiger charge is 2.25. The molecule has 1 aliphatic rings. The Morgan fingerprint density at radius 3 is 2.54 bits per heavy atom. The average molecular weight is 325 g/mol. The quantitative estimate of drug-likeness (QED) is 0.850. The van der Waals surface area contributed by atoms with Gasteiger partial charge in [-0.2, -0.15) is 0 Å². The van der Waals surface area contributed by atoms with Gasteiger partial charge in [0.05, 0.1) is 6.04 Å². The molecular formula is C20H27N3O. The topological polar surface area (TPSA) is 37.3 Å². The zero-order valence-corrected chi connectivity index (χ0v) is 14.4. The van der Waals surface area contributed by atoms with E-state index >= 15 is 0 Å². The van der Waals surface area contributed by atoms with Crippen molar-refractivity contribution in [2.75, 3.05) is 19.6 Å². The van der Waals surface area contributed by atoms with Crippen LogP contribution in [-0.4, -0.2) is 35.0 Å². The lowest BCUT2D eigenvalue weighted by molar-refractivity contribution is -0.121. The lowest BCUT2D eigenvalue weighted by atomic mass is 10.1. The lowest BCUT2D eigenvalue weighted by Gasteiger charge is -2.28. The number of benzene rings is 1. The molecule has 4 nitrogen and oxygen atoms in total. The van der Waals surface area contributed by atoms with Crippen LogP contribution in [-0.2, 0) is 18.3 Å². The summed E-state index contributed by atoms with van der Waals surface area (Å²) in [6.07, 6.45) is 5.93. The maximum Gasteiger partial charge on any atom is 0.220 e. The number of aromatic nitrogens is 1. The molecular weight excluding hydrogens is 298 g/mol. The van der Waals surface area contributed by atoms with E-state index in [4.69, 9.17) is 0 Å². The maximum absolute atomic E-state index is 12.3. The van der Waals surface area contributed by atoms with Gasteiger partial charge in [0.2, 0.25) is 5.91 Å². The summed E-state index contributed by atoms with van der Waals surface area (Å²) in [5, 5.41) is 3.15. The van der Waals surface area contributed by atoms with Crippen molar-refractivity contribution in [3.05, 3.63) is 59.9 Å². The number of carbonyl (C=O) groups is 1. The molecule has 0 aliphatic carbocycles. The Balaban J connectivity index is 1.55. The molecule has 0 spiro atoms. The van der Waals surface area contributed by atoms with Crippen LogP contribution in [0.25, 0.3) is 0 Å². The van der Waals surface area contributed by atoms with E-state index in [1.54, 1.807) is 0 Å². The van der Waals surface area contributed by atoms with Crippen molar-refractivity contribution in [3.63, 3.8) is 0 Å². The SMILES string of the molecule is Cn1cccc1C(CNC(=O)CCc1ccccc1)N1CCCC1. The van der Waals surface area contributed by atoms with Gasteiger partial charge in [-0.3, -0.25) is 9.69 Å². The van der Waals surface area contributed by atoms with Crippen LogP contribution in [0.1, 0.15) is 36.6 Å². The Kier molecular flexibility index (Phi) is 5.70. The number of nitrogens with one attached hydrogen (secondary N) is 1. The molecule has 128 valence electrons. The second-order valence-corrected chi connectivity index (χ2v) is 6.59. The lowest BCUT2D eigenvalue weighted by Crippen LogP contribution is -2.37. The minimum absolute atomic E-state index is 0.136. The first-order valence-corrected chi connectivity index (χ1v) is 8.90. The van der Waals surface area contributed by atoms with Crippen LogP contribution in [0, 0.1) is 0 Å². The smallest absolute Gasteiger partial charge is 0.220 e. The molecule has 3 rings (SSSR count). The molecule has 1 aromatic heterocycles. The fourth-order valence-electron chi connectivity index (χ4n) is 3.50. The Labute approximate surface area is 144 Å². The van der Waals surface area contributed by atoms with E-state index in [1.807, 2.05) is 18.2 Å². The fraction of sp³-hybridized carbons (Fsp3) is 0.450. The largest absolute Gasteiger partial charge is 0.354 e. The highest BCUT2D eigenvalue weighted by molar-refractivity contribution is 5.76. The molecule has 1 unspecified atom stereocenters. The van der Waals surface area contributed by atoms with Crippen LogP contribution in [0.2, 0.25) is 0 Å². The van der Waals surface area contributed by atoms with Crippen molar-refractivity contribution < 1.29 is 4.79 Å². The molecule has 1 saturated heterocycles. The highest BCUT2D eigenvalue weighted by Crippen LogP contribution is 2.24. The minimum Gasteiger partial charge on any atom is -0.354 e. The van der Waals surface area contributed by atoms with Crippen LogP contribution in [0.15, 0.2) is 48.7 Å². The van der Waals surface area contributed by atoms with Gasteiger partial charge in [-0.05, 0) is 50.0 Å². The van der Waals surface area contributed by atoms with Crippen LogP contribution in [0.5, 0.6) is 0 Å². The fourth-order valence-corrected chi connectivity index (χ4v) is 3.50. The number of aryl methyl sites for hydroxylation is 2. The number of hydrogen-bond acceptors (Lipinski definition) is 2. The van der Waals surface area contributed by atoms with Gasteiger partial charge in [0.1, 0.15) is 0 Å². The Bertz CT molecular complexity index is 644. The maximum atomic E-state index is 12.3. The molecule has 0 bridgehead atoms. The molecule has 1 aromatic carbocycles. The van der Waals surface area contributed by atoms with Crippen molar-refractivity contribution in [3.8, 4) is 0 Å². The number of carbonyl (C=O) groups excluding carboxylic acids is 1. The normalized spacial score (nSPS) is 16.2. The molecule has 1 atom stereocenters. The predicted octanol–water partition coefficient (Wildman–Crippen LogP) is 2.91. The van der Waals surface area contributed by atoms with Gasteiger partial charge < -0.3 is 9.88 Å². The summed E-state index contributed by atoms with van der Waals surface area (Å²) in [6.45, 7) is 2.93. The van der Waals surface area contributed by atoms with Gasteiger partial charge in [-0.1, -0.05) is 30.3 Å². The Morgan fingerprint density at radius 1 is 1.12 bits per heavy atom. The molecule has 24 heavy (non-hydrogen) atoms. The van der Waals surface area contributed by atoms with Crippen LogP contribution in [0.4, 0.5) is 0 Å². The summed E-state index contributed by atoms with van der Waals surface area (Å²) >= 11 is 0. The van der Waals surface area contributed by atoms with E-state index in [-0.39, 0.29) is 11.9 Å². The molecule has 1 aliphatic heterocycles. The summed E-state index contributed by atoms with van der Waals surface area (Å²) in [4.78, 5) is 14.7. The standard InChI is InChI=1S/C20H27N3O/c1-22-13-7-10-18(22)19(23-14-5-6-15-23)16-21-20(24)12-11-17-8-3-2-4-9-17/h2-4,7-10,13,19H,5-6,11-12,14-16H2,1H3,(H,21,24). The number of amides is 1. The molecule has 2 aromatic rings. The molecule has 2 heterocycles. The second kappa shape index (κ2) is 8.15. The third-order valence-corrected chi connectivity index (χ3v) is 4.88. The third kappa shape index (κ3) is 4.26. The van der Waals surface area contributed by atoms with E-state index in [2.05, 4.69) is 52.3 Å². The van der Waals surface area contributed by atoms with Gasteiger partial charge in [0, 0.05) is 31.9 Å². The Morgan fingerprint density at radius 2 is 1.88 bits per heavy atom. The number of hydrogen-bond donors (Lipinski definition) is 1. The van der Waals surface area contributed by atoms with Gasteiger partial charge >= 0.3 is 0 Å². The summed E-state index contributed by atoms with van der Waals surface area (Å²) in [7, 11) is 2.08. The van der Waals surface area contributed by atoms with E-state index in [1.165, 1.54) is 24.1 Å². The van der Waals surface area contributed by atoms with Crippen molar-refractivity contribution in [1.29, 1.82) is 0 Å². The minimum atomic E-state index is 0.136. The molecule has 0 saturated carbocycles. The molecule has 1 amide bonds. The van der Waals surface area contributed by atoms with E-state index in [0.29, 0.717) is 13.0 Å². The van der Waals surface area contributed by atoms with E-state index < -0.39 is 0 Å². The molecule has 1 N–H and O–H groups in total. The van der Waals surface area contributed by atoms with Crippen molar-refractivity contribution in [1.82, 2.24) is 14.8 Å². The summed E-state index contributed by atoms with van der Waals surface area (Å²) in [5.41, 5.74) is 2.49. The average Bonchev–Trinajstić information content (AvgIpc) is 3.27. The van der Waals surface area contributed by atoms with Crippen molar-refractivity contribution in [2.24, 2.45) is 7.05 Å². The van der Waals surface area contributed by atoms with Crippen LogP contribution >= 0.6 is 0 Å². The van der Waals surface area contributed by atoms with Gasteiger partial charge in [-0.25, -0.2) is 0 Å². The first kappa shape index (κ1) is 16.8. The zero-order valence-electron chi connectivity index (χ0n) is 14.4. The van der Waals surface area contributed by atoms with Crippen molar-refractivity contribution in [2.45, 2.75) is 31.7 Å². The second-order valence-electron chi connectivity index (χ2n) is 6.59. The van der Waals surface area contributed by atoms with Gasteiger partial charge in [0.15, 0.2) is 0 Å².